The van der Waals surface area contributed by atoms with Gasteiger partial charge in [-0.15, -0.1) is 11.3 Å². The fraction of sp³-hybridized carbons (Fsp3) is 0.387. The predicted molar refractivity (Wildman–Crippen MR) is 180 cm³/mol. The largest absolute Gasteiger partial charge is 0.351 e. The Morgan fingerprint density at radius 3 is 2.27 bits per heavy atom. The fourth-order valence-corrected chi connectivity index (χ4v) is 8.39. The van der Waals surface area contributed by atoms with Crippen molar-refractivity contribution in [3.05, 3.63) is 70.6 Å². The summed E-state index contributed by atoms with van der Waals surface area (Å²) in [5, 5.41) is 6.66. The molecule has 0 atom stereocenters. The van der Waals surface area contributed by atoms with Gasteiger partial charge in [0.1, 0.15) is 11.6 Å². The monoisotopic (exact) mass is 723 g/mol. The molecule has 17 heteroatoms. The zero-order valence-corrected chi connectivity index (χ0v) is 29.4. The van der Waals surface area contributed by atoms with Gasteiger partial charge < -0.3 is 10.6 Å². The first-order valence-electron chi connectivity index (χ1n) is 15.0. The van der Waals surface area contributed by atoms with Gasteiger partial charge in [0, 0.05) is 42.9 Å². The third-order valence-electron chi connectivity index (χ3n) is 7.62. The Morgan fingerprint density at radius 2 is 1.67 bits per heavy atom. The van der Waals surface area contributed by atoms with Gasteiger partial charge in [-0.25, -0.2) is 49.3 Å². The standard InChI is InChI=1S/C31H36F3N7O4S3/c1-31(2,3)29-39-26(27(46-29)24-9-12-36-30(38-24)37-19-10-13-41(14-11-19)47(5,42)43)20-7-6-8-23(25(20)34)40-48(44,45)28-21(32)15-18(17-35-4)16-22(28)33/h6-9,12,15-16,19,35,40H,10-11,13-14,17H2,1-5H3,(H,36,37,38). The van der Waals surface area contributed by atoms with Gasteiger partial charge in [-0.05, 0) is 55.8 Å². The first kappa shape index (κ1) is 35.7. The van der Waals surface area contributed by atoms with Crippen LogP contribution in [0.3, 0.4) is 0 Å². The molecule has 0 unspecified atom stereocenters. The van der Waals surface area contributed by atoms with Crippen LogP contribution in [0.2, 0.25) is 0 Å². The average Bonchev–Trinajstić information content (AvgIpc) is 3.44. The molecule has 0 saturated carbocycles. The molecule has 0 amide bonds. The van der Waals surface area contributed by atoms with E-state index in [1.54, 1.807) is 19.3 Å². The van der Waals surface area contributed by atoms with Crippen LogP contribution in [-0.2, 0) is 32.0 Å². The maximum absolute atomic E-state index is 16.2. The molecule has 1 aliphatic heterocycles. The molecular weight excluding hydrogens is 688 g/mol. The SMILES string of the molecule is CNCc1cc(F)c(S(=O)(=O)Nc2cccc(-c3nc(C(C)(C)C)sc3-c3ccnc(NC4CCN(S(C)(=O)=O)CC4)n3)c2F)c(F)c1. The molecule has 0 aliphatic carbocycles. The van der Waals surface area contributed by atoms with Crippen molar-refractivity contribution in [3.8, 4) is 21.8 Å². The van der Waals surface area contributed by atoms with Crippen molar-refractivity contribution in [2.24, 2.45) is 0 Å². The molecule has 2 aromatic heterocycles. The number of nitrogens with zero attached hydrogens (tertiary/aromatic N) is 4. The van der Waals surface area contributed by atoms with E-state index < -0.39 is 53.5 Å². The van der Waals surface area contributed by atoms with Crippen LogP contribution in [0.5, 0.6) is 0 Å². The molecule has 1 aliphatic rings. The Kier molecular flexibility index (Phi) is 10.2. The summed E-state index contributed by atoms with van der Waals surface area (Å²) in [6, 6.07) is 7.38. The van der Waals surface area contributed by atoms with E-state index in [2.05, 4.69) is 20.6 Å². The van der Waals surface area contributed by atoms with E-state index in [1.165, 1.54) is 34.0 Å². The van der Waals surface area contributed by atoms with Crippen molar-refractivity contribution in [3.63, 3.8) is 0 Å². The number of halogens is 3. The van der Waals surface area contributed by atoms with Gasteiger partial charge in [0.05, 0.1) is 33.2 Å². The highest BCUT2D eigenvalue weighted by Gasteiger charge is 2.30. The molecule has 3 N–H and O–H groups in total. The van der Waals surface area contributed by atoms with E-state index >= 15 is 4.39 Å². The van der Waals surface area contributed by atoms with Crippen LogP contribution in [0.15, 0.2) is 47.5 Å². The number of benzene rings is 2. The Labute approximate surface area is 282 Å². The topological polar surface area (TPSA) is 146 Å². The second-order valence-corrected chi connectivity index (χ2v) is 17.1. The first-order chi connectivity index (χ1) is 22.5. The van der Waals surface area contributed by atoms with Crippen molar-refractivity contribution in [1.82, 2.24) is 24.6 Å². The minimum absolute atomic E-state index is 0.0523. The minimum atomic E-state index is -4.88. The third kappa shape index (κ3) is 7.80. The lowest BCUT2D eigenvalue weighted by molar-refractivity contribution is 0.331. The average molecular weight is 724 g/mol. The molecule has 5 rings (SSSR count). The van der Waals surface area contributed by atoms with E-state index in [-0.39, 0.29) is 29.4 Å². The van der Waals surface area contributed by atoms with Crippen molar-refractivity contribution < 1.29 is 30.0 Å². The predicted octanol–water partition coefficient (Wildman–Crippen LogP) is 5.34. The second kappa shape index (κ2) is 13.7. The molecule has 0 radical (unpaired) electrons. The van der Waals surface area contributed by atoms with Crippen molar-refractivity contribution in [2.45, 2.75) is 56.5 Å². The molecule has 4 aromatic rings. The molecule has 2 aromatic carbocycles. The van der Waals surface area contributed by atoms with Gasteiger partial charge in [-0.3, -0.25) is 4.72 Å². The molecule has 258 valence electrons. The lowest BCUT2D eigenvalue weighted by atomic mass is 9.98. The summed E-state index contributed by atoms with van der Waals surface area (Å²) in [5.41, 5.74) is -0.186. The molecule has 1 fully saturated rings. The summed E-state index contributed by atoms with van der Waals surface area (Å²) in [6.07, 6.45) is 3.84. The summed E-state index contributed by atoms with van der Waals surface area (Å²) in [5.74, 6) is -3.32. The fourth-order valence-electron chi connectivity index (χ4n) is 5.23. The van der Waals surface area contributed by atoms with E-state index in [4.69, 9.17) is 4.98 Å². The van der Waals surface area contributed by atoms with E-state index in [9.17, 15) is 25.6 Å². The van der Waals surface area contributed by atoms with E-state index in [0.29, 0.717) is 47.5 Å². The van der Waals surface area contributed by atoms with Crippen LogP contribution >= 0.6 is 11.3 Å². The van der Waals surface area contributed by atoms with E-state index in [0.717, 1.165) is 18.2 Å². The number of anilines is 2. The molecule has 3 heterocycles. The summed E-state index contributed by atoms with van der Waals surface area (Å²) in [7, 11) is -6.59. The summed E-state index contributed by atoms with van der Waals surface area (Å²) < 4.78 is 99.5. The summed E-state index contributed by atoms with van der Waals surface area (Å²) in [6.45, 7) is 6.68. The maximum Gasteiger partial charge on any atom is 0.267 e. The van der Waals surface area contributed by atoms with Gasteiger partial charge >= 0.3 is 0 Å². The van der Waals surface area contributed by atoms with Gasteiger partial charge in [0.25, 0.3) is 10.0 Å². The molecule has 1 saturated heterocycles. The Hall–Kier alpha value is -3.64. The lowest BCUT2D eigenvalue weighted by Gasteiger charge is -2.30. The quantitative estimate of drug-likeness (QED) is 0.198. The Balaban J connectivity index is 1.49. The number of thiazole rings is 1. The molecule has 11 nitrogen and oxygen atoms in total. The lowest BCUT2D eigenvalue weighted by Crippen LogP contribution is -2.42. The zero-order valence-electron chi connectivity index (χ0n) is 26.9. The number of sulfonamides is 2. The zero-order chi connectivity index (χ0) is 35.0. The number of hydrogen-bond acceptors (Lipinski definition) is 10. The summed E-state index contributed by atoms with van der Waals surface area (Å²) in [4.78, 5) is 13.0. The molecule has 48 heavy (non-hydrogen) atoms. The Bertz CT molecular complexity index is 2020. The van der Waals surface area contributed by atoms with Gasteiger partial charge in [-0.1, -0.05) is 26.8 Å². The maximum atomic E-state index is 16.2. The minimum Gasteiger partial charge on any atom is -0.351 e. The van der Waals surface area contributed by atoms with Crippen molar-refractivity contribution in [2.75, 3.05) is 36.4 Å². The number of rotatable bonds is 10. The van der Waals surface area contributed by atoms with Crippen molar-refractivity contribution in [1.29, 1.82) is 0 Å². The molecule has 0 spiro atoms. The van der Waals surface area contributed by atoms with Gasteiger partial charge in [-0.2, -0.15) is 0 Å². The van der Waals surface area contributed by atoms with Crippen molar-refractivity contribution >= 4 is 43.0 Å². The Morgan fingerprint density at radius 1 is 1.00 bits per heavy atom. The molecule has 0 bridgehead atoms. The smallest absolute Gasteiger partial charge is 0.267 e. The number of piperidine rings is 1. The highest BCUT2D eigenvalue weighted by Crippen LogP contribution is 2.42. The van der Waals surface area contributed by atoms with Gasteiger partial charge in [0.2, 0.25) is 16.0 Å². The third-order valence-corrected chi connectivity index (χ3v) is 11.8. The number of aromatic nitrogens is 3. The molecular formula is C31H36F3N7O4S3. The number of hydrogen-bond donors (Lipinski definition) is 3. The van der Waals surface area contributed by atoms with Crippen LogP contribution in [0.4, 0.5) is 24.8 Å². The van der Waals surface area contributed by atoms with Crippen LogP contribution in [0.1, 0.15) is 44.2 Å². The first-order valence-corrected chi connectivity index (χ1v) is 19.1. The normalized spacial score (nSPS) is 15.1. The van der Waals surface area contributed by atoms with Gasteiger partial charge in [0.15, 0.2) is 10.7 Å². The highest BCUT2D eigenvalue weighted by molar-refractivity contribution is 7.92. The number of nitrogens with one attached hydrogen (secondary N) is 3. The van der Waals surface area contributed by atoms with E-state index in [1.807, 2.05) is 25.5 Å². The highest BCUT2D eigenvalue weighted by atomic mass is 32.2. The van der Waals surface area contributed by atoms with Crippen LogP contribution in [-0.4, -0.2) is 68.5 Å². The second-order valence-electron chi connectivity index (χ2n) is 12.5. The van der Waals surface area contributed by atoms with Crippen LogP contribution in [0, 0.1) is 17.5 Å². The van der Waals surface area contributed by atoms with Crippen LogP contribution < -0.4 is 15.4 Å². The van der Waals surface area contributed by atoms with Crippen LogP contribution in [0.25, 0.3) is 21.8 Å². The summed E-state index contributed by atoms with van der Waals surface area (Å²) >= 11 is 1.29.